The Balaban J connectivity index is 2.21. The van der Waals surface area contributed by atoms with Gasteiger partial charge in [-0.1, -0.05) is 23.8 Å². The second-order valence-corrected chi connectivity index (χ2v) is 8.00. The van der Waals surface area contributed by atoms with E-state index in [1.165, 1.54) is 17.3 Å². The maximum atomic E-state index is 13.0. The highest BCUT2D eigenvalue weighted by Crippen LogP contribution is 2.33. The van der Waals surface area contributed by atoms with E-state index in [9.17, 15) is 13.2 Å². The van der Waals surface area contributed by atoms with E-state index in [0.717, 1.165) is 12.0 Å². The lowest BCUT2D eigenvalue weighted by Gasteiger charge is -2.28. The van der Waals surface area contributed by atoms with Crippen LogP contribution in [0.1, 0.15) is 38.2 Å². The number of rotatable bonds is 7. The number of hydrogen-bond donors (Lipinski definition) is 0. The molecule has 0 N–H and O–H groups in total. The summed E-state index contributed by atoms with van der Waals surface area (Å²) >= 11 is 0. The molecule has 0 aliphatic carbocycles. The number of nitrogens with zero attached hydrogens (tertiary/aromatic N) is 1. The van der Waals surface area contributed by atoms with E-state index in [4.69, 9.17) is 4.74 Å². The first kappa shape index (κ1) is 18.8. The number of aryl methyl sites for hydroxylation is 1. The van der Waals surface area contributed by atoms with E-state index in [0.29, 0.717) is 24.2 Å². The fraction of sp³-hybridized carbons (Fsp3) is 0.500. The van der Waals surface area contributed by atoms with Crippen LogP contribution in [-0.4, -0.2) is 37.9 Å². The molecule has 1 aromatic carbocycles. The number of sulfonamides is 1. The molecule has 0 aromatic heterocycles. The number of benzene rings is 1. The molecule has 1 aromatic rings. The predicted molar refractivity (Wildman–Crippen MR) is 93.1 cm³/mol. The van der Waals surface area contributed by atoms with Gasteiger partial charge in [-0.3, -0.25) is 4.79 Å². The highest BCUT2D eigenvalue weighted by Gasteiger charge is 2.41. The first-order valence-corrected chi connectivity index (χ1v) is 9.60. The van der Waals surface area contributed by atoms with Gasteiger partial charge in [-0.2, -0.15) is 4.31 Å². The summed E-state index contributed by atoms with van der Waals surface area (Å²) < 4.78 is 33.0. The summed E-state index contributed by atoms with van der Waals surface area (Å²) in [6.07, 6.45) is 5.69. The molecular formula is C18H25NO4S. The molecule has 0 saturated carbocycles. The standard InChI is InChI=1S/C18H25NO4S/c1-14-8-11-17(12-9-14)24(21,22)19-16(10-13-18(19)23-3)7-5-4-6-15(2)20/h4,6,8-9,11-12,16,18H,5,7,10,13H2,1-3H3/b6-4+/t16-,18-/m1/s1. The Bertz CT molecular complexity index is 694. The van der Waals surface area contributed by atoms with Crippen LogP contribution in [0.15, 0.2) is 41.3 Å². The highest BCUT2D eigenvalue weighted by molar-refractivity contribution is 7.89. The number of carbonyl (C=O) groups is 1. The summed E-state index contributed by atoms with van der Waals surface area (Å²) in [6, 6.07) is 6.77. The van der Waals surface area contributed by atoms with E-state index in [1.807, 2.05) is 6.92 Å². The number of hydrogen-bond acceptors (Lipinski definition) is 4. The van der Waals surface area contributed by atoms with Gasteiger partial charge in [-0.15, -0.1) is 0 Å². The summed E-state index contributed by atoms with van der Waals surface area (Å²) in [7, 11) is -2.06. The van der Waals surface area contributed by atoms with Crippen LogP contribution < -0.4 is 0 Å². The molecule has 1 fully saturated rings. The van der Waals surface area contributed by atoms with Crippen molar-refractivity contribution in [2.75, 3.05) is 7.11 Å². The predicted octanol–water partition coefficient (Wildman–Crippen LogP) is 3.05. The van der Waals surface area contributed by atoms with Gasteiger partial charge in [0.2, 0.25) is 10.0 Å². The van der Waals surface area contributed by atoms with Crippen LogP contribution in [0.25, 0.3) is 0 Å². The van der Waals surface area contributed by atoms with E-state index >= 15 is 0 Å². The van der Waals surface area contributed by atoms with Crippen molar-refractivity contribution >= 4 is 15.8 Å². The van der Waals surface area contributed by atoms with Crippen LogP contribution in [0, 0.1) is 6.92 Å². The van der Waals surface area contributed by atoms with Gasteiger partial charge in [0.25, 0.3) is 0 Å². The third kappa shape index (κ3) is 4.32. The fourth-order valence-electron chi connectivity index (χ4n) is 3.04. The Morgan fingerprint density at radius 1 is 1.29 bits per heavy atom. The van der Waals surface area contributed by atoms with E-state index in [-0.39, 0.29) is 11.8 Å². The van der Waals surface area contributed by atoms with Crippen LogP contribution in [0.5, 0.6) is 0 Å². The van der Waals surface area contributed by atoms with Crippen LogP contribution >= 0.6 is 0 Å². The smallest absolute Gasteiger partial charge is 0.245 e. The van der Waals surface area contributed by atoms with Crippen molar-refractivity contribution in [2.45, 2.75) is 56.7 Å². The molecule has 1 aliphatic rings. The Morgan fingerprint density at radius 2 is 1.96 bits per heavy atom. The molecule has 132 valence electrons. The molecule has 0 unspecified atom stereocenters. The summed E-state index contributed by atoms with van der Waals surface area (Å²) in [5.74, 6) is 0.000299. The summed E-state index contributed by atoms with van der Waals surface area (Å²) in [5, 5.41) is 0. The zero-order chi connectivity index (χ0) is 17.7. The molecule has 24 heavy (non-hydrogen) atoms. The topological polar surface area (TPSA) is 63.7 Å². The molecule has 1 aliphatic heterocycles. The highest BCUT2D eigenvalue weighted by atomic mass is 32.2. The van der Waals surface area contributed by atoms with Crippen LogP contribution in [0.4, 0.5) is 0 Å². The lowest BCUT2D eigenvalue weighted by Crippen LogP contribution is -2.42. The van der Waals surface area contributed by atoms with Crippen molar-refractivity contribution < 1.29 is 17.9 Å². The van der Waals surface area contributed by atoms with Crippen LogP contribution in [-0.2, 0) is 19.6 Å². The zero-order valence-corrected chi connectivity index (χ0v) is 15.3. The molecule has 0 bridgehead atoms. The minimum absolute atomic E-state index is 0.000299. The van der Waals surface area contributed by atoms with Crippen molar-refractivity contribution in [3.63, 3.8) is 0 Å². The molecule has 5 nitrogen and oxygen atoms in total. The maximum Gasteiger partial charge on any atom is 0.245 e. The van der Waals surface area contributed by atoms with Crippen molar-refractivity contribution in [1.82, 2.24) is 4.31 Å². The second-order valence-electron chi connectivity index (χ2n) is 6.16. The molecular weight excluding hydrogens is 326 g/mol. The van der Waals surface area contributed by atoms with E-state index < -0.39 is 16.3 Å². The third-order valence-electron chi connectivity index (χ3n) is 4.28. The summed E-state index contributed by atoms with van der Waals surface area (Å²) in [6.45, 7) is 3.43. The average Bonchev–Trinajstić information content (AvgIpc) is 2.95. The molecule has 2 atom stereocenters. The molecule has 1 heterocycles. The Kier molecular flexibility index (Phi) is 6.32. The lowest BCUT2D eigenvalue weighted by molar-refractivity contribution is -0.112. The SMILES string of the molecule is CO[C@@H]1CC[C@@H](CC/C=C/C(C)=O)N1S(=O)(=O)c1ccc(C)cc1. The Hall–Kier alpha value is -1.50. The van der Waals surface area contributed by atoms with Crippen molar-refractivity contribution in [3.05, 3.63) is 42.0 Å². The molecule has 1 saturated heterocycles. The molecule has 0 spiro atoms. The number of ether oxygens (including phenoxy) is 1. The minimum atomic E-state index is -3.60. The van der Waals surface area contributed by atoms with Gasteiger partial charge in [-0.25, -0.2) is 8.42 Å². The Morgan fingerprint density at radius 3 is 2.54 bits per heavy atom. The first-order chi connectivity index (χ1) is 11.4. The van der Waals surface area contributed by atoms with Gasteiger partial charge >= 0.3 is 0 Å². The number of methoxy groups -OCH3 is 1. The molecule has 0 amide bonds. The molecule has 2 rings (SSSR count). The average molecular weight is 351 g/mol. The first-order valence-electron chi connectivity index (χ1n) is 8.16. The number of allylic oxidation sites excluding steroid dienone is 2. The molecule has 6 heteroatoms. The maximum absolute atomic E-state index is 13.0. The third-order valence-corrected chi connectivity index (χ3v) is 6.23. The van der Waals surface area contributed by atoms with Gasteiger partial charge in [0, 0.05) is 13.2 Å². The summed E-state index contributed by atoms with van der Waals surface area (Å²) in [5.41, 5.74) is 1.02. The quantitative estimate of drug-likeness (QED) is 0.708. The summed E-state index contributed by atoms with van der Waals surface area (Å²) in [4.78, 5) is 11.3. The molecule has 0 radical (unpaired) electrons. The van der Waals surface area contributed by atoms with Gasteiger partial charge in [0.1, 0.15) is 6.23 Å². The minimum Gasteiger partial charge on any atom is -0.365 e. The largest absolute Gasteiger partial charge is 0.365 e. The van der Waals surface area contributed by atoms with Crippen molar-refractivity contribution in [2.24, 2.45) is 0 Å². The van der Waals surface area contributed by atoms with Crippen molar-refractivity contribution in [3.8, 4) is 0 Å². The lowest BCUT2D eigenvalue weighted by atomic mass is 10.1. The van der Waals surface area contributed by atoms with Gasteiger partial charge in [0.15, 0.2) is 5.78 Å². The van der Waals surface area contributed by atoms with Gasteiger partial charge in [0.05, 0.1) is 4.90 Å². The normalized spacial score (nSPS) is 22.3. The fourth-order valence-corrected chi connectivity index (χ4v) is 4.87. The van der Waals surface area contributed by atoms with Gasteiger partial charge in [-0.05, 0) is 57.7 Å². The van der Waals surface area contributed by atoms with Gasteiger partial charge < -0.3 is 4.74 Å². The van der Waals surface area contributed by atoms with Crippen LogP contribution in [0.3, 0.4) is 0 Å². The van der Waals surface area contributed by atoms with Crippen molar-refractivity contribution in [1.29, 1.82) is 0 Å². The Labute approximate surface area is 144 Å². The van der Waals surface area contributed by atoms with E-state index in [1.54, 1.807) is 37.5 Å². The monoisotopic (exact) mass is 351 g/mol. The second kappa shape index (κ2) is 8.05. The van der Waals surface area contributed by atoms with E-state index in [2.05, 4.69) is 0 Å². The van der Waals surface area contributed by atoms with Crippen LogP contribution in [0.2, 0.25) is 0 Å². The zero-order valence-electron chi connectivity index (χ0n) is 14.4. The number of ketones is 1. The number of carbonyl (C=O) groups excluding carboxylic acids is 1.